The molecular formula is H3N37. The van der Waals surface area contributed by atoms with Crippen LogP contribution in [-0.4, -0.2) is 0 Å². The van der Waals surface area contributed by atoms with E-state index >= 15 is 0 Å². The van der Waals surface area contributed by atoms with Gasteiger partial charge in [-0.3, -0.25) is 0 Å². The molecule has 0 saturated heterocycles. The van der Waals surface area contributed by atoms with Crippen LogP contribution >= 0.6 is 0 Å². The number of rotatable bonds is 17. The molecule has 0 aliphatic heterocycles. The zero-order valence-electron chi connectivity index (χ0n) is 16.7. The highest BCUT2D eigenvalue weighted by molar-refractivity contribution is 4.16. The van der Waals surface area contributed by atoms with Crippen molar-refractivity contribution in [1.82, 2.24) is 0 Å². The van der Waals surface area contributed by atoms with Crippen LogP contribution in [0.3, 0.4) is 0 Å². The monoisotopic (exact) mass is 521 g/mol. The van der Waals surface area contributed by atoms with Gasteiger partial charge in [0, 0.05) is 99.2 Å². The first-order valence-electron chi connectivity index (χ1n) is 7.28. The molecule has 37 heavy (non-hydrogen) atoms. The van der Waals surface area contributed by atoms with Crippen LogP contribution in [0.1, 0.15) is 0 Å². The van der Waals surface area contributed by atoms with Gasteiger partial charge >= 0.3 is 0 Å². The Bertz CT molecular complexity index is 1070. The molecule has 0 aromatic heterocycles. The maximum Gasteiger partial charge on any atom is 0 e. The van der Waals surface area contributed by atoms with Crippen LogP contribution in [0.5, 0.6) is 0 Å². The molecule has 0 radical (unpaired) electrons. The van der Waals surface area contributed by atoms with Crippen molar-refractivity contribution in [1.29, 1.82) is 5.53 Å². The first kappa shape index (κ1) is 29.6. The minimum atomic E-state index is 2.50. The molecule has 37 nitrogen and oxygen atoms in total. The molecule has 0 heterocycles. The number of nitrogens with zero attached hydrogens (tertiary/aromatic N) is 35. The van der Waals surface area contributed by atoms with Crippen molar-refractivity contribution in [3.05, 3.63) is 0 Å². The summed E-state index contributed by atoms with van der Waals surface area (Å²) in [5.41, 5.74) is 6.24. The number of nitrogens with one attached hydrogen (secondary N) is 1. The fraction of sp³-hybridized carbons (Fsp3) is 0. The van der Waals surface area contributed by atoms with E-state index in [-0.39, 0.29) is 0 Å². The van der Waals surface area contributed by atoms with Gasteiger partial charge in [-0.1, -0.05) is 5.22 Å². The topological polar surface area (TPSA) is 482 Å². The van der Waals surface area contributed by atoms with E-state index in [1.807, 2.05) is 0 Å². The van der Waals surface area contributed by atoms with Crippen molar-refractivity contribution >= 4 is 0 Å². The molecule has 0 unspecified atom stereocenters. The highest BCUT2D eigenvalue weighted by Gasteiger charge is 1.73. The number of nitrogens with two attached hydrogens (primary N) is 1. The first-order valence-corrected chi connectivity index (χ1v) is 7.28. The second-order valence-electron chi connectivity index (χ2n) is 3.17. The Morgan fingerprint density at radius 1 is 0.216 bits per heavy atom. The number of hydrogen-bond acceptors (Lipinski definition) is 2. The van der Waals surface area contributed by atoms with Gasteiger partial charge in [-0.2, -0.15) is 5.53 Å². The van der Waals surface area contributed by atoms with Crippen molar-refractivity contribution in [3.63, 3.8) is 0 Å². The lowest BCUT2D eigenvalue weighted by Gasteiger charge is -1.70. The largest absolute Gasteiger partial charge is 0.303 e. The Labute approximate surface area is 195 Å². The third-order valence-electron chi connectivity index (χ3n) is 1.38. The summed E-state index contributed by atoms with van der Waals surface area (Å²) in [6, 6.07) is 0. The SMILES string of the molecule is N=N/N=N/N=N/N=N/N=N/N=N/N=N/N=N/N=N/N=N/N=N/N=N/N=N/N=N/N=N/N=N/N=N/N=N/N. The molecule has 0 saturated carbocycles. The summed E-state index contributed by atoms with van der Waals surface area (Å²) < 4.78 is 0. The van der Waals surface area contributed by atoms with Crippen LogP contribution in [-0.2, 0) is 0 Å². The lowest BCUT2D eigenvalue weighted by molar-refractivity contribution is 0.727. The van der Waals surface area contributed by atoms with E-state index in [1.165, 1.54) is 0 Å². The van der Waals surface area contributed by atoms with Gasteiger partial charge in [-0.15, -0.1) is 0 Å². The summed E-state index contributed by atoms with van der Waals surface area (Å²) >= 11 is 0. The minimum Gasteiger partial charge on any atom is -0.303 e. The molecular weight excluding hydrogens is 518 g/mol. The van der Waals surface area contributed by atoms with E-state index < -0.39 is 0 Å². The van der Waals surface area contributed by atoms with Crippen LogP contribution < -0.4 is 5.84 Å². The summed E-state index contributed by atoms with van der Waals surface area (Å²) in [7, 11) is 0. The maximum absolute atomic E-state index is 6.24. The first-order chi connectivity index (χ1) is 18.4. The quantitative estimate of drug-likeness (QED) is 0.127. The molecule has 0 amide bonds. The van der Waals surface area contributed by atoms with Crippen molar-refractivity contribution < 1.29 is 0 Å². The van der Waals surface area contributed by atoms with Crippen LogP contribution in [0.25, 0.3) is 0 Å². The second kappa shape index (κ2) is 28.6. The Hall–Kier alpha value is -7.40. The molecule has 188 valence electrons. The van der Waals surface area contributed by atoms with Gasteiger partial charge in [0.2, 0.25) is 0 Å². The van der Waals surface area contributed by atoms with Gasteiger partial charge in [-0.05, 0) is 78.3 Å². The zero-order chi connectivity index (χ0) is 26.7. The Morgan fingerprint density at radius 3 is 0.486 bits per heavy atom. The summed E-state index contributed by atoms with van der Waals surface area (Å²) in [5, 5.41) is 103. The fourth-order valence-electron chi connectivity index (χ4n) is 0.598. The van der Waals surface area contributed by atoms with E-state index in [4.69, 9.17) is 5.53 Å². The van der Waals surface area contributed by atoms with E-state index in [0.29, 0.717) is 0 Å². The van der Waals surface area contributed by atoms with Crippen molar-refractivity contribution in [3.8, 4) is 0 Å². The molecule has 0 atom stereocenters. The molecule has 0 spiro atoms. The van der Waals surface area contributed by atoms with E-state index in [1.54, 1.807) is 0 Å². The number of hydrogen-bond donors (Lipinski definition) is 2. The lowest BCUT2D eigenvalue weighted by Crippen LogP contribution is -1.70. The highest BCUT2D eigenvalue weighted by atomic mass is 15.7. The molecule has 0 aromatic carbocycles. The average Bonchev–Trinajstić information content (AvgIpc) is 2.91. The fourth-order valence-corrected chi connectivity index (χ4v) is 0.598. The summed E-state index contributed by atoms with van der Waals surface area (Å²) in [4.78, 5) is 0. The van der Waals surface area contributed by atoms with Crippen molar-refractivity contribution in [2.24, 2.45) is 189 Å². The summed E-state index contributed by atoms with van der Waals surface area (Å²) in [6.07, 6.45) is 0. The summed E-state index contributed by atoms with van der Waals surface area (Å²) in [5.74, 6) is 4.62. The molecule has 0 aliphatic rings. The molecule has 37 heteroatoms. The predicted octanol–water partition coefficient (Wildman–Crippen LogP) is 6.13. The Morgan fingerprint density at radius 2 is 0.351 bits per heavy atom. The second-order valence-corrected chi connectivity index (χ2v) is 3.17. The third kappa shape index (κ3) is 28.6. The lowest BCUT2D eigenvalue weighted by atomic mass is 12.3. The van der Waals surface area contributed by atoms with E-state index in [2.05, 4.69) is 189 Å². The predicted molar refractivity (Wildman–Crippen MR) is 91.9 cm³/mol. The van der Waals surface area contributed by atoms with E-state index in [9.17, 15) is 0 Å². The molecule has 0 aliphatic carbocycles. The molecule has 0 fully saturated rings. The standard InChI is InChI=1S/H3N37/c1-3-5-7-9-11-13-15-17-19-21-23-25-27-29-31-33-35-37-36-34-32-30-28-26-24-22-20-18-16-14-12-10-8-6-4-2/h(H3,1,2,5,6,9,10,13,14,17,18,21,22,25,26,29,30,33,34,37). The van der Waals surface area contributed by atoms with Crippen molar-refractivity contribution in [2.45, 2.75) is 0 Å². The smallest absolute Gasteiger partial charge is 0 e. The van der Waals surface area contributed by atoms with Crippen LogP contribution in [0.15, 0.2) is 183 Å². The molecule has 0 rings (SSSR count). The van der Waals surface area contributed by atoms with Gasteiger partial charge < -0.3 is 5.84 Å². The Kier molecular flexibility index (Phi) is 22.9. The average molecular weight is 521 g/mol. The van der Waals surface area contributed by atoms with Gasteiger partial charge in [0.1, 0.15) is 0 Å². The van der Waals surface area contributed by atoms with Gasteiger partial charge in [0.05, 0.1) is 0 Å². The van der Waals surface area contributed by atoms with Gasteiger partial charge in [0.15, 0.2) is 0 Å². The van der Waals surface area contributed by atoms with Crippen molar-refractivity contribution in [2.75, 3.05) is 0 Å². The third-order valence-corrected chi connectivity index (χ3v) is 1.38. The molecule has 0 bridgehead atoms. The van der Waals surface area contributed by atoms with Crippen LogP contribution in [0.4, 0.5) is 0 Å². The van der Waals surface area contributed by atoms with E-state index in [0.717, 1.165) is 0 Å². The maximum atomic E-state index is 6.24. The highest BCUT2D eigenvalue weighted by Crippen LogP contribution is 1.91. The van der Waals surface area contributed by atoms with Crippen LogP contribution in [0.2, 0.25) is 0 Å². The van der Waals surface area contributed by atoms with Crippen LogP contribution in [0, 0.1) is 5.53 Å². The van der Waals surface area contributed by atoms with Gasteiger partial charge in [-0.25, -0.2) is 0 Å². The summed E-state index contributed by atoms with van der Waals surface area (Å²) in [6.45, 7) is 0. The molecule has 0 aromatic rings. The van der Waals surface area contributed by atoms with Gasteiger partial charge in [0.25, 0.3) is 0 Å². The zero-order valence-corrected chi connectivity index (χ0v) is 16.7. The minimum absolute atomic E-state index is 2.50. The normalized spacial score (nSPS) is 15.0. The molecule has 3 N–H and O–H groups in total. The Balaban J connectivity index is 4.01.